The third-order valence-corrected chi connectivity index (χ3v) is 4.40. The van der Waals surface area contributed by atoms with Crippen LogP contribution in [0.4, 0.5) is 13.2 Å². The van der Waals surface area contributed by atoms with Gasteiger partial charge in [-0.25, -0.2) is 4.98 Å². The largest absolute Gasteiger partial charge is 0.416 e. The number of guanidine groups is 1. The number of aromatic nitrogens is 1. The number of alkyl halides is 3. The second kappa shape index (κ2) is 8.33. The zero-order valence-corrected chi connectivity index (χ0v) is 15.1. The van der Waals surface area contributed by atoms with E-state index in [1.165, 1.54) is 12.1 Å². The zero-order chi connectivity index (χ0) is 18.4. The first-order valence-electron chi connectivity index (χ1n) is 7.84. The summed E-state index contributed by atoms with van der Waals surface area (Å²) >= 11 is 1.59. The van der Waals surface area contributed by atoms with E-state index in [4.69, 9.17) is 0 Å². The van der Waals surface area contributed by atoms with Crippen molar-refractivity contribution in [1.82, 2.24) is 15.6 Å². The van der Waals surface area contributed by atoms with Crippen molar-refractivity contribution < 1.29 is 13.2 Å². The minimum absolute atomic E-state index is 0.382. The van der Waals surface area contributed by atoms with Gasteiger partial charge in [0.1, 0.15) is 5.01 Å². The quantitative estimate of drug-likeness (QED) is 0.614. The van der Waals surface area contributed by atoms with E-state index in [0.717, 1.165) is 28.4 Å². The van der Waals surface area contributed by atoms with Crippen LogP contribution in [0.3, 0.4) is 0 Å². The van der Waals surface area contributed by atoms with Gasteiger partial charge in [-0.2, -0.15) is 13.2 Å². The monoisotopic (exact) mass is 370 g/mol. The third kappa shape index (κ3) is 5.74. The van der Waals surface area contributed by atoms with E-state index in [2.05, 4.69) is 34.5 Å². The highest BCUT2D eigenvalue weighted by Gasteiger charge is 2.29. The molecule has 0 saturated heterocycles. The molecule has 2 aromatic rings. The summed E-state index contributed by atoms with van der Waals surface area (Å²) in [5, 5.41) is 9.23. The Labute approximate surface area is 149 Å². The summed E-state index contributed by atoms with van der Waals surface area (Å²) < 4.78 is 37.7. The van der Waals surface area contributed by atoms with Crippen molar-refractivity contribution in [2.75, 3.05) is 7.05 Å². The fourth-order valence-corrected chi connectivity index (χ4v) is 2.94. The fraction of sp³-hybridized carbons (Fsp3) is 0.412. The smallest absolute Gasteiger partial charge is 0.352 e. The first-order chi connectivity index (χ1) is 11.8. The lowest BCUT2D eigenvalue weighted by Gasteiger charge is -2.12. The maximum absolute atomic E-state index is 12.6. The van der Waals surface area contributed by atoms with Crippen molar-refractivity contribution in [3.8, 4) is 0 Å². The Balaban J connectivity index is 1.85. The van der Waals surface area contributed by atoms with Gasteiger partial charge >= 0.3 is 6.18 Å². The Bertz CT molecular complexity index is 705. The fourth-order valence-electron chi connectivity index (χ4n) is 2.05. The van der Waals surface area contributed by atoms with Crippen LogP contribution in [-0.2, 0) is 19.3 Å². The van der Waals surface area contributed by atoms with Crippen molar-refractivity contribution >= 4 is 17.3 Å². The average molecular weight is 370 g/mol. The molecule has 1 aromatic carbocycles. The molecule has 0 amide bonds. The first-order valence-corrected chi connectivity index (χ1v) is 8.72. The Morgan fingerprint density at radius 3 is 2.32 bits per heavy atom. The van der Waals surface area contributed by atoms with Gasteiger partial charge in [0.15, 0.2) is 5.96 Å². The molecule has 0 unspecified atom stereocenters. The standard InChI is InChI=1S/C17H21F3N4S/c1-11(2)14-10-25-15(24-14)9-23-16(21-3)22-8-12-4-6-13(7-5-12)17(18,19)20/h4-7,10-11H,8-9H2,1-3H3,(H2,21,22,23). The van der Waals surface area contributed by atoms with E-state index in [9.17, 15) is 13.2 Å². The Kier molecular flexibility index (Phi) is 6.41. The summed E-state index contributed by atoms with van der Waals surface area (Å²) in [7, 11) is 1.64. The lowest BCUT2D eigenvalue weighted by Crippen LogP contribution is -2.36. The Morgan fingerprint density at radius 1 is 1.16 bits per heavy atom. The van der Waals surface area contributed by atoms with E-state index in [0.29, 0.717) is 25.0 Å². The maximum atomic E-state index is 12.6. The molecular formula is C17H21F3N4S. The second-order valence-electron chi connectivity index (χ2n) is 5.79. The van der Waals surface area contributed by atoms with Crippen LogP contribution in [0.5, 0.6) is 0 Å². The molecule has 0 aliphatic rings. The van der Waals surface area contributed by atoms with E-state index in [1.54, 1.807) is 18.4 Å². The summed E-state index contributed by atoms with van der Waals surface area (Å²) in [6.07, 6.45) is -4.31. The molecule has 0 aliphatic carbocycles. The molecule has 0 radical (unpaired) electrons. The van der Waals surface area contributed by atoms with Crippen LogP contribution in [0.15, 0.2) is 34.6 Å². The molecule has 0 fully saturated rings. The van der Waals surface area contributed by atoms with Crippen molar-refractivity contribution in [3.05, 3.63) is 51.5 Å². The lowest BCUT2D eigenvalue weighted by molar-refractivity contribution is -0.137. The molecule has 0 bridgehead atoms. The number of aliphatic imine (C=N–C) groups is 1. The van der Waals surface area contributed by atoms with Crippen LogP contribution in [0, 0.1) is 0 Å². The molecule has 136 valence electrons. The topological polar surface area (TPSA) is 49.3 Å². The van der Waals surface area contributed by atoms with Crippen molar-refractivity contribution in [2.45, 2.75) is 39.0 Å². The molecule has 2 rings (SSSR count). The van der Waals surface area contributed by atoms with E-state index in [-0.39, 0.29) is 0 Å². The first kappa shape index (κ1) is 19.2. The number of nitrogens with one attached hydrogen (secondary N) is 2. The number of halogens is 3. The van der Waals surface area contributed by atoms with Crippen LogP contribution in [0.2, 0.25) is 0 Å². The van der Waals surface area contributed by atoms with Gasteiger partial charge < -0.3 is 10.6 Å². The number of nitrogens with zero attached hydrogens (tertiary/aromatic N) is 2. The van der Waals surface area contributed by atoms with Gasteiger partial charge in [0.25, 0.3) is 0 Å². The summed E-state index contributed by atoms with van der Waals surface area (Å²) in [6.45, 7) is 5.12. The van der Waals surface area contributed by atoms with Gasteiger partial charge in [0.05, 0.1) is 17.8 Å². The summed E-state index contributed by atoms with van der Waals surface area (Å²) in [6, 6.07) is 5.07. The Morgan fingerprint density at radius 2 is 1.80 bits per heavy atom. The predicted molar refractivity (Wildman–Crippen MR) is 94.7 cm³/mol. The van der Waals surface area contributed by atoms with Crippen molar-refractivity contribution in [3.63, 3.8) is 0 Å². The summed E-state index contributed by atoms with van der Waals surface area (Å²) in [5.74, 6) is 0.961. The van der Waals surface area contributed by atoms with Crippen molar-refractivity contribution in [2.24, 2.45) is 4.99 Å². The molecule has 2 N–H and O–H groups in total. The molecule has 0 spiro atoms. The minimum Gasteiger partial charge on any atom is -0.352 e. The van der Waals surface area contributed by atoms with Gasteiger partial charge in [-0.05, 0) is 23.6 Å². The molecule has 0 saturated carbocycles. The van der Waals surface area contributed by atoms with Crippen molar-refractivity contribution in [1.29, 1.82) is 0 Å². The lowest BCUT2D eigenvalue weighted by atomic mass is 10.1. The molecule has 1 aromatic heterocycles. The molecule has 8 heteroatoms. The van der Waals surface area contributed by atoms with Gasteiger partial charge in [-0.1, -0.05) is 26.0 Å². The van der Waals surface area contributed by atoms with Crippen LogP contribution >= 0.6 is 11.3 Å². The highest BCUT2D eigenvalue weighted by molar-refractivity contribution is 7.09. The molecular weight excluding hydrogens is 349 g/mol. The van der Waals surface area contributed by atoms with Gasteiger partial charge in [-0.15, -0.1) is 11.3 Å². The van der Waals surface area contributed by atoms with E-state index < -0.39 is 11.7 Å². The van der Waals surface area contributed by atoms with Crippen LogP contribution in [-0.4, -0.2) is 18.0 Å². The highest BCUT2D eigenvalue weighted by Crippen LogP contribution is 2.29. The molecule has 25 heavy (non-hydrogen) atoms. The van der Waals surface area contributed by atoms with Crippen LogP contribution in [0.25, 0.3) is 0 Å². The average Bonchev–Trinajstić information content (AvgIpc) is 3.04. The minimum atomic E-state index is -4.31. The Hall–Kier alpha value is -2.09. The number of hydrogen-bond donors (Lipinski definition) is 2. The predicted octanol–water partition coefficient (Wildman–Crippen LogP) is 4.15. The van der Waals surface area contributed by atoms with Gasteiger partial charge in [0.2, 0.25) is 0 Å². The van der Waals surface area contributed by atoms with E-state index in [1.807, 2.05) is 5.38 Å². The molecule has 0 aliphatic heterocycles. The second-order valence-corrected chi connectivity index (χ2v) is 6.74. The highest BCUT2D eigenvalue weighted by atomic mass is 32.1. The molecule has 4 nitrogen and oxygen atoms in total. The molecule has 1 heterocycles. The summed E-state index contributed by atoms with van der Waals surface area (Å²) in [4.78, 5) is 8.64. The number of benzene rings is 1. The van der Waals surface area contributed by atoms with Gasteiger partial charge in [0, 0.05) is 19.0 Å². The van der Waals surface area contributed by atoms with Crippen LogP contribution < -0.4 is 10.6 Å². The maximum Gasteiger partial charge on any atom is 0.416 e. The third-order valence-electron chi connectivity index (χ3n) is 3.53. The normalized spacial score (nSPS) is 12.5. The zero-order valence-electron chi connectivity index (χ0n) is 14.3. The summed E-state index contributed by atoms with van der Waals surface area (Å²) in [5.41, 5.74) is 1.16. The number of hydrogen-bond acceptors (Lipinski definition) is 3. The van der Waals surface area contributed by atoms with E-state index >= 15 is 0 Å². The van der Waals surface area contributed by atoms with Gasteiger partial charge in [-0.3, -0.25) is 4.99 Å². The molecule has 0 atom stereocenters. The number of thiazole rings is 1. The van der Waals surface area contributed by atoms with Crippen LogP contribution in [0.1, 0.15) is 41.6 Å². The SMILES string of the molecule is CN=C(NCc1ccc(C(F)(F)F)cc1)NCc1nc(C(C)C)cs1. The number of rotatable bonds is 5.